The van der Waals surface area contributed by atoms with E-state index < -0.39 is 0 Å². The zero-order valence-electron chi connectivity index (χ0n) is 11.7. The number of hydrogen-bond acceptors (Lipinski definition) is 3. The number of carbonyl (C=O) groups is 1. The number of hydrogen-bond donors (Lipinski definition) is 1. The lowest BCUT2D eigenvalue weighted by Gasteiger charge is -2.11. The number of aryl methyl sites for hydroxylation is 2. The SMILES string of the molecule is N#CCC(=O)Nc1ccc(-c2cn3c(n2)CCCC3)cc1. The van der Waals surface area contributed by atoms with Crippen LogP contribution in [-0.2, 0) is 17.8 Å². The van der Waals surface area contributed by atoms with Crippen molar-refractivity contribution in [1.82, 2.24) is 9.55 Å². The van der Waals surface area contributed by atoms with Crippen LogP contribution < -0.4 is 5.32 Å². The quantitative estimate of drug-likeness (QED) is 0.939. The smallest absolute Gasteiger partial charge is 0.238 e. The molecule has 1 N–H and O–H groups in total. The Hall–Kier alpha value is -2.61. The average molecular weight is 280 g/mol. The third-order valence-electron chi connectivity index (χ3n) is 3.61. The summed E-state index contributed by atoms with van der Waals surface area (Å²) < 4.78 is 2.22. The number of imidazole rings is 1. The minimum atomic E-state index is -0.289. The van der Waals surface area contributed by atoms with Gasteiger partial charge < -0.3 is 9.88 Å². The van der Waals surface area contributed by atoms with Crippen LogP contribution in [0.3, 0.4) is 0 Å². The van der Waals surface area contributed by atoms with Crippen molar-refractivity contribution in [3.05, 3.63) is 36.3 Å². The van der Waals surface area contributed by atoms with Crippen LogP contribution in [-0.4, -0.2) is 15.5 Å². The molecule has 0 atom stereocenters. The van der Waals surface area contributed by atoms with E-state index in [1.807, 2.05) is 30.3 Å². The van der Waals surface area contributed by atoms with Gasteiger partial charge >= 0.3 is 0 Å². The Morgan fingerprint density at radius 1 is 1.33 bits per heavy atom. The standard InChI is InChI=1S/C16H16N4O/c17-9-8-16(21)18-13-6-4-12(5-7-13)14-11-20-10-2-1-3-15(20)19-14/h4-7,11H,1-3,8,10H2,(H,18,21). The van der Waals surface area contributed by atoms with Gasteiger partial charge in [-0.3, -0.25) is 4.79 Å². The van der Waals surface area contributed by atoms with Gasteiger partial charge in [0.05, 0.1) is 11.8 Å². The molecular formula is C16H16N4O. The van der Waals surface area contributed by atoms with Gasteiger partial charge in [-0.25, -0.2) is 4.98 Å². The molecule has 0 bridgehead atoms. The van der Waals surface area contributed by atoms with Crippen molar-refractivity contribution in [2.45, 2.75) is 32.2 Å². The van der Waals surface area contributed by atoms with Crippen LogP contribution in [0.1, 0.15) is 25.1 Å². The van der Waals surface area contributed by atoms with E-state index >= 15 is 0 Å². The maximum Gasteiger partial charge on any atom is 0.238 e. The van der Waals surface area contributed by atoms with Crippen molar-refractivity contribution in [2.24, 2.45) is 0 Å². The summed E-state index contributed by atoms with van der Waals surface area (Å²) in [5.41, 5.74) is 2.71. The first-order chi connectivity index (χ1) is 10.3. The fraction of sp³-hybridized carbons (Fsp3) is 0.312. The van der Waals surface area contributed by atoms with Crippen molar-refractivity contribution in [3.8, 4) is 17.3 Å². The molecule has 1 amide bonds. The highest BCUT2D eigenvalue weighted by atomic mass is 16.1. The molecule has 2 heterocycles. The number of nitriles is 1. The third-order valence-corrected chi connectivity index (χ3v) is 3.61. The van der Waals surface area contributed by atoms with Crippen molar-refractivity contribution in [1.29, 1.82) is 5.26 Å². The molecule has 1 aliphatic heterocycles. The molecule has 0 radical (unpaired) electrons. The summed E-state index contributed by atoms with van der Waals surface area (Å²) in [6.07, 6.45) is 5.43. The van der Waals surface area contributed by atoms with Crippen molar-refractivity contribution in [2.75, 3.05) is 5.32 Å². The summed E-state index contributed by atoms with van der Waals surface area (Å²) in [6.45, 7) is 1.05. The number of benzene rings is 1. The number of rotatable bonds is 3. The lowest BCUT2D eigenvalue weighted by atomic mass is 10.1. The molecule has 21 heavy (non-hydrogen) atoms. The van der Waals surface area contributed by atoms with E-state index in [0.717, 1.165) is 30.0 Å². The maximum atomic E-state index is 11.4. The van der Waals surface area contributed by atoms with Gasteiger partial charge in [-0.15, -0.1) is 0 Å². The highest BCUT2D eigenvalue weighted by Crippen LogP contribution is 2.23. The van der Waals surface area contributed by atoms with Crippen LogP contribution >= 0.6 is 0 Å². The molecule has 5 heteroatoms. The second-order valence-corrected chi connectivity index (χ2v) is 5.15. The predicted molar refractivity (Wildman–Crippen MR) is 79.5 cm³/mol. The van der Waals surface area contributed by atoms with Crippen molar-refractivity contribution >= 4 is 11.6 Å². The Labute approximate surface area is 123 Å². The molecule has 106 valence electrons. The summed E-state index contributed by atoms with van der Waals surface area (Å²) in [5, 5.41) is 11.1. The molecule has 1 aliphatic rings. The van der Waals surface area contributed by atoms with Crippen LogP contribution in [0.25, 0.3) is 11.3 Å². The van der Waals surface area contributed by atoms with Gasteiger partial charge in [0.2, 0.25) is 5.91 Å². The molecule has 0 fully saturated rings. The number of fused-ring (bicyclic) bond motifs is 1. The summed E-state index contributed by atoms with van der Waals surface area (Å²) in [6, 6.07) is 9.38. The lowest BCUT2D eigenvalue weighted by molar-refractivity contribution is -0.115. The van der Waals surface area contributed by atoms with Gasteiger partial charge in [0.15, 0.2) is 0 Å². The minimum Gasteiger partial charge on any atom is -0.334 e. The molecule has 1 aromatic carbocycles. The Balaban J connectivity index is 1.76. The van der Waals surface area contributed by atoms with Crippen molar-refractivity contribution < 1.29 is 4.79 Å². The number of amides is 1. The zero-order valence-corrected chi connectivity index (χ0v) is 11.7. The Morgan fingerprint density at radius 2 is 2.14 bits per heavy atom. The summed E-state index contributed by atoms with van der Waals surface area (Å²) >= 11 is 0. The topological polar surface area (TPSA) is 70.7 Å². The van der Waals surface area contributed by atoms with E-state index in [2.05, 4.69) is 21.1 Å². The summed E-state index contributed by atoms with van der Waals surface area (Å²) in [7, 11) is 0. The monoisotopic (exact) mass is 280 g/mol. The molecule has 0 spiro atoms. The van der Waals surface area contributed by atoms with E-state index in [1.165, 1.54) is 12.8 Å². The first kappa shape index (κ1) is 13.4. The fourth-order valence-electron chi connectivity index (χ4n) is 2.55. The van der Waals surface area contributed by atoms with Crippen LogP contribution in [0.5, 0.6) is 0 Å². The summed E-state index contributed by atoms with van der Waals surface area (Å²) in [4.78, 5) is 16.0. The first-order valence-electron chi connectivity index (χ1n) is 7.09. The molecular weight excluding hydrogens is 264 g/mol. The summed E-state index contributed by atoms with van der Waals surface area (Å²) in [5.74, 6) is 0.866. The Morgan fingerprint density at radius 3 is 2.86 bits per heavy atom. The number of aromatic nitrogens is 2. The van der Waals surface area contributed by atoms with Gasteiger partial charge in [0, 0.05) is 30.4 Å². The largest absolute Gasteiger partial charge is 0.334 e. The van der Waals surface area contributed by atoms with Crippen LogP contribution in [0, 0.1) is 11.3 Å². The zero-order chi connectivity index (χ0) is 14.7. The molecule has 0 saturated heterocycles. The second-order valence-electron chi connectivity index (χ2n) is 5.15. The van der Waals surface area contributed by atoms with Gasteiger partial charge in [0.25, 0.3) is 0 Å². The van der Waals surface area contributed by atoms with Gasteiger partial charge in [-0.05, 0) is 25.0 Å². The van der Waals surface area contributed by atoms with Crippen molar-refractivity contribution in [3.63, 3.8) is 0 Å². The van der Waals surface area contributed by atoms with E-state index in [4.69, 9.17) is 5.26 Å². The van der Waals surface area contributed by atoms with Crippen LogP contribution in [0.4, 0.5) is 5.69 Å². The van der Waals surface area contributed by atoms with E-state index in [9.17, 15) is 4.79 Å². The molecule has 0 aliphatic carbocycles. The maximum absolute atomic E-state index is 11.4. The number of nitrogens with zero attached hydrogens (tertiary/aromatic N) is 3. The molecule has 3 rings (SSSR count). The van der Waals surface area contributed by atoms with E-state index in [1.54, 1.807) is 0 Å². The molecule has 5 nitrogen and oxygen atoms in total. The van der Waals surface area contributed by atoms with E-state index in [0.29, 0.717) is 5.69 Å². The molecule has 0 unspecified atom stereocenters. The van der Waals surface area contributed by atoms with Gasteiger partial charge in [-0.1, -0.05) is 12.1 Å². The normalized spacial score (nSPS) is 13.3. The van der Waals surface area contributed by atoms with Gasteiger partial charge in [-0.2, -0.15) is 5.26 Å². The van der Waals surface area contributed by atoms with E-state index in [-0.39, 0.29) is 12.3 Å². The molecule has 0 saturated carbocycles. The molecule has 2 aromatic rings. The predicted octanol–water partition coefficient (Wildman–Crippen LogP) is 2.74. The third kappa shape index (κ3) is 2.95. The second kappa shape index (κ2) is 5.80. The average Bonchev–Trinajstić information content (AvgIpc) is 2.92. The van der Waals surface area contributed by atoms with Gasteiger partial charge in [0.1, 0.15) is 12.2 Å². The Kier molecular flexibility index (Phi) is 3.69. The number of nitrogens with one attached hydrogen (secondary N) is 1. The highest BCUT2D eigenvalue weighted by Gasteiger charge is 2.13. The van der Waals surface area contributed by atoms with Crippen LogP contribution in [0.15, 0.2) is 30.5 Å². The Bertz CT molecular complexity index is 671. The fourth-order valence-corrected chi connectivity index (χ4v) is 2.55. The first-order valence-corrected chi connectivity index (χ1v) is 7.09. The number of anilines is 1. The lowest BCUT2D eigenvalue weighted by Crippen LogP contribution is -2.09. The molecule has 1 aromatic heterocycles. The van der Waals surface area contributed by atoms with Crippen LogP contribution in [0.2, 0.25) is 0 Å². The highest BCUT2D eigenvalue weighted by molar-refractivity contribution is 5.92. The number of carbonyl (C=O) groups excluding carboxylic acids is 1. The minimum absolute atomic E-state index is 0.129.